The molecule has 6 nitrogen and oxygen atoms in total. The lowest BCUT2D eigenvalue weighted by Crippen LogP contribution is -2.38. The molecule has 1 spiro atoms. The highest BCUT2D eigenvalue weighted by molar-refractivity contribution is 6.07. The highest BCUT2D eigenvalue weighted by Crippen LogP contribution is 2.58. The summed E-state index contributed by atoms with van der Waals surface area (Å²) in [7, 11) is 0. The summed E-state index contributed by atoms with van der Waals surface area (Å²) in [4.78, 5) is 15.5. The zero-order valence-electron chi connectivity index (χ0n) is 23.0. The van der Waals surface area contributed by atoms with Crippen LogP contribution in [0.2, 0.25) is 0 Å². The largest absolute Gasteiger partial charge is 0.490 e. The van der Waals surface area contributed by atoms with Crippen molar-refractivity contribution in [2.24, 2.45) is 0 Å². The van der Waals surface area contributed by atoms with E-state index in [9.17, 15) is 9.90 Å². The van der Waals surface area contributed by atoms with Gasteiger partial charge in [0.1, 0.15) is 5.84 Å². The molecule has 2 aliphatic rings. The fourth-order valence-corrected chi connectivity index (χ4v) is 5.07. The van der Waals surface area contributed by atoms with Crippen molar-refractivity contribution in [1.29, 1.82) is 5.41 Å². The van der Waals surface area contributed by atoms with Crippen LogP contribution in [0.4, 0.5) is 4.39 Å². The first-order valence-electron chi connectivity index (χ1n) is 13.1. The van der Waals surface area contributed by atoms with Crippen LogP contribution in [0.5, 0.6) is 11.5 Å². The SMILES string of the molecule is CCOc1cc2c(c(F)c1OCC)C(=N)N(CC(=O)c1cc(C(C)(C)C)cc(C(C)(C)CO)c1)C21CC1. The number of carbonyl (C=O) groups excluding carboxylic acids is 1. The van der Waals surface area contributed by atoms with Gasteiger partial charge in [-0.15, -0.1) is 0 Å². The number of hydrogen-bond acceptors (Lipinski definition) is 5. The topological polar surface area (TPSA) is 82.9 Å². The first-order chi connectivity index (χ1) is 17.3. The molecule has 2 aromatic rings. The Hall–Kier alpha value is -2.93. The van der Waals surface area contributed by atoms with Crippen molar-refractivity contribution >= 4 is 11.6 Å². The van der Waals surface area contributed by atoms with Crippen molar-refractivity contribution in [2.75, 3.05) is 26.4 Å². The lowest BCUT2D eigenvalue weighted by Gasteiger charge is -2.29. The van der Waals surface area contributed by atoms with Gasteiger partial charge in [-0.25, -0.2) is 4.39 Å². The maximum atomic E-state index is 15.7. The molecule has 2 aromatic carbocycles. The fraction of sp³-hybridized carbons (Fsp3) is 0.533. The molecule has 2 N–H and O–H groups in total. The van der Waals surface area contributed by atoms with E-state index in [2.05, 4.69) is 26.8 Å². The van der Waals surface area contributed by atoms with Crippen LogP contribution in [0.3, 0.4) is 0 Å². The van der Waals surface area contributed by atoms with E-state index in [4.69, 9.17) is 14.9 Å². The summed E-state index contributed by atoms with van der Waals surface area (Å²) in [5, 5.41) is 18.9. The molecule has 7 heteroatoms. The number of aliphatic hydroxyl groups is 1. The molecule has 0 saturated heterocycles. The number of rotatable bonds is 9. The fourth-order valence-electron chi connectivity index (χ4n) is 5.07. The standard InChI is InChI=1S/C30H39FN2O4/c1-8-36-23-15-21-24(25(31)26(23)37-9-2)27(32)33(30(21)10-11-30)16-22(35)18-12-19(28(3,4)5)14-20(13-18)29(6,7)17-34/h12-15,32,34H,8-11,16-17H2,1-7H3. The van der Waals surface area contributed by atoms with Gasteiger partial charge in [0.15, 0.2) is 23.1 Å². The average molecular weight is 511 g/mol. The number of nitrogens with one attached hydrogen (secondary N) is 1. The lowest BCUT2D eigenvalue weighted by molar-refractivity contribution is 0.0943. The van der Waals surface area contributed by atoms with E-state index in [0.29, 0.717) is 23.5 Å². The van der Waals surface area contributed by atoms with E-state index in [1.54, 1.807) is 17.9 Å². The zero-order valence-corrected chi connectivity index (χ0v) is 23.0. The Bertz CT molecular complexity index is 1240. The Balaban J connectivity index is 1.74. The Morgan fingerprint density at radius 1 is 1.05 bits per heavy atom. The van der Waals surface area contributed by atoms with Gasteiger partial charge in [0, 0.05) is 11.0 Å². The number of fused-ring (bicyclic) bond motifs is 2. The van der Waals surface area contributed by atoms with Crippen LogP contribution in [0.25, 0.3) is 0 Å². The van der Waals surface area contributed by atoms with Gasteiger partial charge in [-0.05, 0) is 67.0 Å². The Morgan fingerprint density at radius 2 is 1.68 bits per heavy atom. The Labute approximate surface area is 219 Å². The molecular formula is C30H39FN2O4. The normalized spacial score (nSPS) is 16.2. The number of benzene rings is 2. The quantitative estimate of drug-likeness (QED) is 0.423. The molecular weight excluding hydrogens is 471 g/mol. The van der Waals surface area contributed by atoms with Crippen molar-refractivity contribution in [3.63, 3.8) is 0 Å². The molecule has 0 unspecified atom stereocenters. The van der Waals surface area contributed by atoms with Gasteiger partial charge >= 0.3 is 0 Å². The van der Waals surface area contributed by atoms with Crippen molar-refractivity contribution in [3.8, 4) is 11.5 Å². The molecule has 0 amide bonds. The van der Waals surface area contributed by atoms with Gasteiger partial charge in [0.2, 0.25) is 0 Å². The number of aliphatic hydroxyl groups excluding tert-OH is 1. The van der Waals surface area contributed by atoms with Crippen LogP contribution >= 0.6 is 0 Å². The summed E-state index contributed by atoms with van der Waals surface area (Å²) >= 11 is 0. The number of ketones is 1. The molecule has 1 aliphatic carbocycles. The van der Waals surface area contributed by atoms with Gasteiger partial charge in [-0.1, -0.05) is 40.7 Å². The summed E-state index contributed by atoms with van der Waals surface area (Å²) < 4.78 is 27.0. The number of Topliss-reactive ketones (excluding diaryl/α,β-unsaturated/α-hetero) is 1. The first kappa shape index (κ1) is 27.1. The molecule has 37 heavy (non-hydrogen) atoms. The number of carbonyl (C=O) groups is 1. The zero-order chi connectivity index (χ0) is 27.3. The van der Waals surface area contributed by atoms with Crippen LogP contribution < -0.4 is 9.47 Å². The summed E-state index contributed by atoms with van der Waals surface area (Å²) in [6, 6.07) is 7.61. The second-order valence-corrected chi connectivity index (χ2v) is 11.8. The van der Waals surface area contributed by atoms with E-state index in [1.165, 1.54) is 0 Å². The van der Waals surface area contributed by atoms with E-state index in [0.717, 1.165) is 24.0 Å². The van der Waals surface area contributed by atoms with Crippen LogP contribution in [-0.2, 0) is 16.4 Å². The van der Waals surface area contributed by atoms with Crippen molar-refractivity contribution in [1.82, 2.24) is 4.90 Å². The molecule has 0 atom stereocenters. The number of nitrogens with zero attached hydrogens (tertiary/aromatic N) is 1. The third kappa shape index (κ3) is 4.63. The first-order valence-corrected chi connectivity index (χ1v) is 13.1. The van der Waals surface area contributed by atoms with E-state index >= 15 is 4.39 Å². The van der Waals surface area contributed by atoms with E-state index in [-0.39, 0.29) is 48.1 Å². The predicted molar refractivity (Wildman–Crippen MR) is 143 cm³/mol. The molecule has 0 aromatic heterocycles. The second kappa shape index (κ2) is 9.43. The van der Waals surface area contributed by atoms with Gasteiger partial charge < -0.3 is 19.5 Å². The molecule has 0 radical (unpaired) electrons. The number of halogens is 1. The van der Waals surface area contributed by atoms with Crippen molar-refractivity contribution in [3.05, 3.63) is 57.9 Å². The van der Waals surface area contributed by atoms with Gasteiger partial charge in [-0.3, -0.25) is 10.2 Å². The molecule has 200 valence electrons. The van der Waals surface area contributed by atoms with Crippen molar-refractivity contribution in [2.45, 2.75) is 77.7 Å². The lowest BCUT2D eigenvalue weighted by atomic mass is 9.78. The smallest absolute Gasteiger partial charge is 0.197 e. The summed E-state index contributed by atoms with van der Waals surface area (Å²) in [5.41, 5.74) is 2.04. The van der Waals surface area contributed by atoms with Crippen LogP contribution in [0.1, 0.15) is 93.9 Å². The third-order valence-electron chi connectivity index (χ3n) is 7.62. The Kier molecular flexibility index (Phi) is 6.91. The number of ether oxygens (including phenoxy) is 2. The minimum atomic E-state index is -0.601. The predicted octanol–water partition coefficient (Wildman–Crippen LogP) is 5.70. The van der Waals surface area contributed by atoms with Crippen LogP contribution in [0, 0.1) is 11.2 Å². The maximum Gasteiger partial charge on any atom is 0.197 e. The molecule has 0 bridgehead atoms. The Morgan fingerprint density at radius 3 is 2.22 bits per heavy atom. The molecule has 1 fully saturated rings. The van der Waals surface area contributed by atoms with Crippen LogP contribution in [0.15, 0.2) is 24.3 Å². The minimum absolute atomic E-state index is 0.00485. The third-order valence-corrected chi connectivity index (χ3v) is 7.62. The monoisotopic (exact) mass is 510 g/mol. The average Bonchev–Trinajstić information content (AvgIpc) is 3.61. The highest BCUT2D eigenvalue weighted by Gasteiger charge is 2.58. The summed E-state index contributed by atoms with van der Waals surface area (Å²) in [5.74, 6) is -0.381. The summed E-state index contributed by atoms with van der Waals surface area (Å²) in [6.07, 6.45) is 1.47. The summed E-state index contributed by atoms with van der Waals surface area (Å²) in [6.45, 7) is 14.3. The van der Waals surface area contributed by atoms with Gasteiger partial charge in [-0.2, -0.15) is 0 Å². The van der Waals surface area contributed by atoms with E-state index < -0.39 is 16.8 Å². The second-order valence-electron chi connectivity index (χ2n) is 11.8. The number of amidine groups is 1. The molecule has 1 heterocycles. The van der Waals surface area contributed by atoms with Gasteiger partial charge in [0.25, 0.3) is 0 Å². The van der Waals surface area contributed by atoms with E-state index in [1.807, 2.05) is 32.9 Å². The van der Waals surface area contributed by atoms with Crippen LogP contribution in [-0.4, -0.2) is 48.0 Å². The van der Waals surface area contributed by atoms with Crippen molar-refractivity contribution < 1.29 is 23.8 Å². The highest BCUT2D eigenvalue weighted by atomic mass is 19.1. The minimum Gasteiger partial charge on any atom is -0.490 e. The molecule has 1 aliphatic heterocycles. The maximum absolute atomic E-state index is 15.7. The molecule has 4 rings (SSSR count). The number of hydrogen-bond donors (Lipinski definition) is 2. The van der Waals surface area contributed by atoms with Gasteiger partial charge in [0.05, 0.1) is 37.5 Å². The molecule has 1 saturated carbocycles.